The molecule has 1 heterocycles. The number of aromatic nitrogens is 1. The predicted molar refractivity (Wildman–Crippen MR) is 123 cm³/mol. The fourth-order valence-electron chi connectivity index (χ4n) is 3.07. The third-order valence-corrected chi connectivity index (χ3v) is 6.67. The van der Waals surface area contributed by atoms with Gasteiger partial charge >= 0.3 is 5.97 Å². The molecule has 0 spiro atoms. The molecule has 0 saturated heterocycles. The first kappa shape index (κ1) is 22.4. The molecule has 0 aliphatic carbocycles. The van der Waals surface area contributed by atoms with Crippen molar-refractivity contribution in [2.45, 2.75) is 26.2 Å². The van der Waals surface area contributed by atoms with E-state index in [9.17, 15) is 15.0 Å². The maximum atomic E-state index is 11.7. The van der Waals surface area contributed by atoms with E-state index in [4.69, 9.17) is 28.2 Å². The zero-order valence-corrected chi connectivity index (χ0v) is 18.9. The highest BCUT2D eigenvalue weighted by Crippen LogP contribution is 2.38. The normalized spacial score (nSPS) is 12.2. The molecule has 30 heavy (non-hydrogen) atoms. The zero-order valence-electron chi connectivity index (χ0n) is 16.5. The number of hydrogen-bond acceptors (Lipinski definition) is 5. The summed E-state index contributed by atoms with van der Waals surface area (Å²) in [5.74, 6) is -1.20. The molecular formula is C22H22Cl2N2O3S. The van der Waals surface area contributed by atoms with E-state index in [2.05, 4.69) is 19.2 Å². The van der Waals surface area contributed by atoms with Crippen LogP contribution in [0.5, 0.6) is 5.75 Å². The summed E-state index contributed by atoms with van der Waals surface area (Å²) in [6, 6.07) is 12.1. The van der Waals surface area contributed by atoms with Crippen molar-refractivity contribution in [2.75, 3.05) is 11.9 Å². The maximum Gasteiger partial charge on any atom is 0.308 e. The molecule has 0 radical (unpaired) electrons. The number of aliphatic carboxylic acids is 1. The van der Waals surface area contributed by atoms with Crippen LogP contribution in [-0.2, 0) is 11.2 Å². The molecule has 0 bridgehead atoms. The highest BCUT2D eigenvalue weighted by atomic mass is 35.5. The molecule has 0 fully saturated rings. The summed E-state index contributed by atoms with van der Waals surface area (Å²) < 4.78 is 0. The largest absolute Gasteiger partial charge is 0.508 e. The number of benzene rings is 2. The number of nitrogens with one attached hydrogen (secondary N) is 1. The summed E-state index contributed by atoms with van der Waals surface area (Å²) in [7, 11) is 0. The van der Waals surface area contributed by atoms with Crippen LogP contribution in [0, 0.1) is 5.92 Å². The van der Waals surface area contributed by atoms with Crippen LogP contribution in [0.15, 0.2) is 42.5 Å². The van der Waals surface area contributed by atoms with E-state index in [0.29, 0.717) is 21.6 Å². The molecule has 5 nitrogen and oxygen atoms in total. The minimum atomic E-state index is -0.906. The van der Waals surface area contributed by atoms with E-state index in [1.807, 2.05) is 6.07 Å². The van der Waals surface area contributed by atoms with Gasteiger partial charge in [-0.15, -0.1) is 11.3 Å². The first-order chi connectivity index (χ1) is 14.2. The van der Waals surface area contributed by atoms with Gasteiger partial charge in [-0.1, -0.05) is 55.2 Å². The number of nitrogens with zero attached hydrogens (tertiary/aromatic N) is 1. The molecule has 0 amide bonds. The van der Waals surface area contributed by atoms with Gasteiger partial charge in [0.25, 0.3) is 0 Å². The van der Waals surface area contributed by atoms with Crippen LogP contribution < -0.4 is 5.32 Å². The second-order valence-corrected chi connectivity index (χ2v) is 9.15. The van der Waals surface area contributed by atoms with Crippen LogP contribution >= 0.6 is 34.5 Å². The van der Waals surface area contributed by atoms with Crippen LogP contribution in [0.1, 0.15) is 30.2 Å². The minimum absolute atomic E-state index is 0.123. The minimum Gasteiger partial charge on any atom is -0.508 e. The Kier molecular flexibility index (Phi) is 7.23. The number of anilines is 1. The van der Waals surface area contributed by atoms with E-state index >= 15 is 0 Å². The van der Waals surface area contributed by atoms with Gasteiger partial charge in [-0.3, -0.25) is 4.79 Å². The van der Waals surface area contributed by atoms with Gasteiger partial charge in [-0.2, -0.15) is 0 Å². The van der Waals surface area contributed by atoms with Crippen LogP contribution in [0.2, 0.25) is 10.0 Å². The van der Waals surface area contributed by atoms with Crippen LogP contribution in [0.3, 0.4) is 0 Å². The number of carboxylic acids is 1. The Morgan fingerprint density at radius 1 is 1.17 bits per heavy atom. The van der Waals surface area contributed by atoms with Gasteiger partial charge in [-0.05, 0) is 42.2 Å². The van der Waals surface area contributed by atoms with Crippen molar-refractivity contribution in [1.29, 1.82) is 0 Å². The number of carboxylic acid groups (broad SMARTS) is 1. The number of hydrogen-bond donors (Lipinski definition) is 3. The van der Waals surface area contributed by atoms with Crippen LogP contribution in [0.4, 0.5) is 5.13 Å². The molecule has 1 atom stereocenters. The summed E-state index contributed by atoms with van der Waals surface area (Å²) in [4.78, 5) is 17.5. The van der Waals surface area contributed by atoms with E-state index in [1.54, 1.807) is 36.4 Å². The van der Waals surface area contributed by atoms with Crippen molar-refractivity contribution in [3.05, 3.63) is 63.0 Å². The van der Waals surface area contributed by atoms with Gasteiger partial charge in [-0.25, -0.2) is 4.98 Å². The monoisotopic (exact) mass is 464 g/mol. The number of phenols is 1. The number of rotatable bonds is 8. The highest BCUT2D eigenvalue weighted by molar-refractivity contribution is 7.16. The third kappa shape index (κ3) is 5.45. The highest BCUT2D eigenvalue weighted by Gasteiger charge is 2.21. The van der Waals surface area contributed by atoms with Gasteiger partial charge in [0.15, 0.2) is 5.13 Å². The average Bonchev–Trinajstić information content (AvgIpc) is 3.12. The number of aromatic hydroxyl groups is 1. The summed E-state index contributed by atoms with van der Waals surface area (Å²) in [5.41, 5.74) is 2.45. The fraction of sp³-hybridized carbons (Fsp3) is 0.273. The summed E-state index contributed by atoms with van der Waals surface area (Å²) in [6.07, 6.45) is 0.304. The van der Waals surface area contributed by atoms with Gasteiger partial charge < -0.3 is 15.5 Å². The molecule has 158 valence electrons. The predicted octanol–water partition coefficient (Wildman–Crippen LogP) is 6.30. The fourth-order valence-corrected chi connectivity index (χ4v) is 4.37. The van der Waals surface area contributed by atoms with E-state index in [1.165, 1.54) is 11.3 Å². The average molecular weight is 465 g/mol. The topological polar surface area (TPSA) is 82.5 Å². The number of phenolic OH excluding ortho intramolecular Hbond substituents is 1. The smallest absolute Gasteiger partial charge is 0.308 e. The summed E-state index contributed by atoms with van der Waals surface area (Å²) >= 11 is 13.7. The number of halogens is 2. The van der Waals surface area contributed by atoms with Gasteiger partial charge in [0.1, 0.15) is 5.75 Å². The van der Waals surface area contributed by atoms with Gasteiger partial charge in [0.05, 0.1) is 21.7 Å². The van der Waals surface area contributed by atoms with Crippen molar-refractivity contribution in [1.82, 2.24) is 4.98 Å². The van der Waals surface area contributed by atoms with E-state index in [0.717, 1.165) is 21.7 Å². The lowest BCUT2D eigenvalue weighted by Crippen LogP contribution is -2.25. The second kappa shape index (κ2) is 9.69. The van der Waals surface area contributed by atoms with Crippen molar-refractivity contribution >= 4 is 45.6 Å². The summed E-state index contributed by atoms with van der Waals surface area (Å²) in [5, 5.41) is 24.0. The third-order valence-electron chi connectivity index (χ3n) is 4.61. The molecule has 3 N–H and O–H groups in total. The molecule has 1 aromatic heterocycles. The van der Waals surface area contributed by atoms with Crippen molar-refractivity contribution in [3.63, 3.8) is 0 Å². The van der Waals surface area contributed by atoms with Gasteiger partial charge in [0.2, 0.25) is 0 Å². The molecule has 1 unspecified atom stereocenters. The van der Waals surface area contributed by atoms with Crippen molar-refractivity contribution in [2.24, 2.45) is 5.92 Å². The lowest BCUT2D eigenvalue weighted by molar-refractivity contribution is -0.141. The first-order valence-corrected chi connectivity index (χ1v) is 11.0. The van der Waals surface area contributed by atoms with Gasteiger partial charge in [0, 0.05) is 17.0 Å². The molecule has 3 aromatic rings. The molecule has 2 aromatic carbocycles. The Balaban J connectivity index is 1.80. The number of thiazole rings is 1. The molecule has 8 heteroatoms. The Morgan fingerprint density at radius 3 is 2.57 bits per heavy atom. The molecule has 0 aliphatic heterocycles. The quantitative estimate of drug-likeness (QED) is 0.364. The zero-order chi connectivity index (χ0) is 21.8. The molecular weight excluding hydrogens is 443 g/mol. The standard InChI is InChI=1S/C22H22Cl2N2O3S/c1-12(2)20-19(14-6-7-17(23)18(24)10-14)26-22(30-20)25-11-15(21(28)29)8-13-4-3-5-16(27)9-13/h3-7,9-10,12,15,27H,8,11H2,1-2H3,(H,25,26)(H,28,29). The lowest BCUT2D eigenvalue weighted by Gasteiger charge is -2.13. The number of carbonyl (C=O) groups is 1. The Hall–Kier alpha value is -2.28. The Bertz CT molecular complexity index is 1050. The van der Waals surface area contributed by atoms with Crippen molar-refractivity contribution in [3.8, 4) is 17.0 Å². The maximum absolute atomic E-state index is 11.7. The van der Waals surface area contributed by atoms with Crippen LogP contribution in [0.25, 0.3) is 11.3 Å². The van der Waals surface area contributed by atoms with Crippen molar-refractivity contribution < 1.29 is 15.0 Å². The SMILES string of the molecule is CC(C)c1sc(NCC(Cc2cccc(O)c2)C(=O)O)nc1-c1ccc(Cl)c(Cl)c1. The Labute approximate surface area is 189 Å². The van der Waals surface area contributed by atoms with E-state index in [-0.39, 0.29) is 18.2 Å². The molecule has 0 saturated carbocycles. The second-order valence-electron chi connectivity index (χ2n) is 7.31. The Morgan fingerprint density at radius 2 is 1.93 bits per heavy atom. The summed E-state index contributed by atoms with van der Waals surface area (Å²) in [6.45, 7) is 4.39. The first-order valence-electron chi connectivity index (χ1n) is 9.45. The van der Waals surface area contributed by atoms with E-state index < -0.39 is 11.9 Å². The molecule has 0 aliphatic rings. The van der Waals surface area contributed by atoms with Crippen LogP contribution in [-0.4, -0.2) is 27.7 Å². The lowest BCUT2D eigenvalue weighted by atomic mass is 9.99. The molecule has 3 rings (SSSR count).